The molecule has 0 spiro atoms. The van der Waals surface area contributed by atoms with Gasteiger partial charge in [0.15, 0.2) is 0 Å². The fourth-order valence-corrected chi connectivity index (χ4v) is 1.34. The molecule has 0 aromatic carbocycles. The Bertz CT molecular complexity index is 414. The van der Waals surface area contributed by atoms with Gasteiger partial charge in [-0.05, 0) is 30.9 Å². The van der Waals surface area contributed by atoms with Crippen molar-refractivity contribution in [3.05, 3.63) is 23.4 Å². The number of rotatable bonds is 5. The van der Waals surface area contributed by atoms with Gasteiger partial charge in [-0.25, -0.2) is 9.78 Å². The smallest absolute Gasteiger partial charge is 0.337 e. The van der Waals surface area contributed by atoms with Gasteiger partial charge in [0.1, 0.15) is 5.82 Å². The molecule has 0 unspecified atom stereocenters. The summed E-state index contributed by atoms with van der Waals surface area (Å²) >= 11 is 0. The molecule has 0 saturated heterocycles. The number of hydrogen-bond donors (Lipinski definition) is 2. The van der Waals surface area contributed by atoms with Crippen molar-refractivity contribution in [1.82, 2.24) is 4.98 Å². The Hall–Kier alpha value is -1.58. The van der Waals surface area contributed by atoms with Crippen molar-refractivity contribution in [2.45, 2.75) is 34.1 Å². The molecule has 2 N–H and O–H groups in total. The lowest BCUT2D eigenvalue weighted by molar-refractivity contribution is 0.0695. The molecule has 0 amide bonds. The van der Waals surface area contributed by atoms with E-state index in [0.717, 1.165) is 18.8 Å². The molecule has 94 valence electrons. The average molecular weight is 236 g/mol. The predicted octanol–water partition coefficient (Wildman–Crippen LogP) is 2.94. The first-order valence-electron chi connectivity index (χ1n) is 5.80. The molecule has 0 saturated carbocycles. The van der Waals surface area contributed by atoms with E-state index < -0.39 is 5.97 Å². The van der Waals surface area contributed by atoms with E-state index >= 15 is 0 Å². The lowest BCUT2D eigenvalue weighted by Gasteiger charge is -2.23. The van der Waals surface area contributed by atoms with Gasteiger partial charge >= 0.3 is 5.97 Å². The van der Waals surface area contributed by atoms with Gasteiger partial charge in [-0.3, -0.25) is 0 Å². The van der Waals surface area contributed by atoms with Gasteiger partial charge in [0, 0.05) is 6.54 Å². The second kappa shape index (κ2) is 5.17. The molecule has 0 radical (unpaired) electrons. The summed E-state index contributed by atoms with van der Waals surface area (Å²) in [6.07, 6.45) is 1.08. The minimum atomic E-state index is -0.935. The van der Waals surface area contributed by atoms with Crippen LogP contribution in [0.5, 0.6) is 0 Å². The molecular weight excluding hydrogens is 216 g/mol. The van der Waals surface area contributed by atoms with Crippen molar-refractivity contribution < 1.29 is 9.90 Å². The summed E-state index contributed by atoms with van der Waals surface area (Å²) in [7, 11) is 0. The Morgan fingerprint density at radius 2 is 2.12 bits per heavy atom. The Kier molecular flexibility index (Phi) is 4.10. The summed E-state index contributed by atoms with van der Waals surface area (Å²) in [5.41, 5.74) is 1.00. The molecule has 1 aromatic rings. The lowest BCUT2D eigenvalue weighted by Crippen LogP contribution is -2.22. The van der Waals surface area contributed by atoms with Gasteiger partial charge in [0.25, 0.3) is 0 Å². The minimum absolute atomic E-state index is 0.209. The highest BCUT2D eigenvalue weighted by atomic mass is 16.4. The second-order valence-corrected chi connectivity index (χ2v) is 5.01. The van der Waals surface area contributed by atoms with Crippen LogP contribution in [0.25, 0.3) is 0 Å². The van der Waals surface area contributed by atoms with E-state index in [9.17, 15) is 4.79 Å². The first-order chi connectivity index (χ1) is 7.85. The highest BCUT2D eigenvalue weighted by Crippen LogP contribution is 2.20. The zero-order valence-electron chi connectivity index (χ0n) is 10.9. The molecule has 17 heavy (non-hydrogen) atoms. The largest absolute Gasteiger partial charge is 0.478 e. The van der Waals surface area contributed by atoms with Crippen LogP contribution in [0.2, 0.25) is 0 Å². The number of hydrogen-bond acceptors (Lipinski definition) is 3. The Morgan fingerprint density at radius 3 is 2.59 bits per heavy atom. The van der Waals surface area contributed by atoms with Crippen LogP contribution in [0, 0.1) is 12.3 Å². The van der Waals surface area contributed by atoms with Crippen molar-refractivity contribution in [1.29, 1.82) is 0 Å². The van der Waals surface area contributed by atoms with E-state index in [1.54, 1.807) is 19.1 Å². The standard InChI is InChI=1S/C13H20N2O2/c1-5-13(3,4)8-14-11-7-6-10(12(16)17)9(2)15-11/h6-7H,5,8H2,1-4H3,(H,14,15)(H,16,17). The number of pyridine rings is 1. The minimum Gasteiger partial charge on any atom is -0.478 e. The van der Waals surface area contributed by atoms with Crippen molar-refractivity contribution in [2.75, 3.05) is 11.9 Å². The summed E-state index contributed by atoms with van der Waals surface area (Å²) < 4.78 is 0. The van der Waals surface area contributed by atoms with Crippen LogP contribution in [-0.4, -0.2) is 22.6 Å². The fraction of sp³-hybridized carbons (Fsp3) is 0.538. The number of nitrogens with zero attached hydrogens (tertiary/aromatic N) is 1. The number of carboxylic acid groups (broad SMARTS) is 1. The maximum absolute atomic E-state index is 10.8. The number of nitrogens with one attached hydrogen (secondary N) is 1. The third-order valence-electron chi connectivity index (χ3n) is 3.02. The molecule has 0 aliphatic carbocycles. The molecule has 4 nitrogen and oxygen atoms in total. The van der Waals surface area contributed by atoms with E-state index in [4.69, 9.17) is 5.11 Å². The SMILES string of the molecule is CCC(C)(C)CNc1ccc(C(=O)O)c(C)n1. The Morgan fingerprint density at radius 1 is 1.47 bits per heavy atom. The van der Waals surface area contributed by atoms with E-state index in [1.165, 1.54) is 0 Å². The quantitative estimate of drug-likeness (QED) is 0.825. The zero-order chi connectivity index (χ0) is 13.1. The van der Waals surface area contributed by atoms with E-state index in [1.807, 2.05) is 0 Å². The van der Waals surface area contributed by atoms with Crippen LogP contribution in [0.1, 0.15) is 43.2 Å². The molecular formula is C13H20N2O2. The Balaban J connectivity index is 2.75. The highest BCUT2D eigenvalue weighted by Gasteiger charge is 2.15. The second-order valence-electron chi connectivity index (χ2n) is 5.01. The van der Waals surface area contributed by atoms with Gasteiger partial charge in [-0.15, -0.1) is 0 Å². The van der Waals surface area contributed by atoms with Crippen LogP contribution < -0.4 is 5.32 Å². The van der Waals surface area contributed by atoms with Gasteiger partial charge < -0.3 is 10.4 Å². The monoisotopic (exact) mass is 236 g/mol. The zero-order valence-corrected chi connectivity index (χ0v) is 10.9. The first kappa shape index (κ1) is 13.5. The van der Waals surface area contributed by atoms with Gasteiger partial charge in [0.2, 0.25) is 0 Å². The fourth-order valence-electron chi connectivity index (χ4n) is 1.34. The summed E-state index contributed by atoms with van der Waals surface area (Å²) in [6, 6.07) is 3.30. The highest BCUT2D eigenvalue weighted by molar-refractivity contribution is 5.89. The summed E-state index contributed by atoms with van der Waals surface area (Å²) in [6.45, 7) is 9.03. The summed E-state index contributed by atoms with van der Waals surface area (Å²) in [5, 5.41) is 12.1. The molecule has 0 atom stereocenters. The molecule has 1 heterocycles. The normalized spacial score (nSPS) is 11.3. The van der Waals surface area contributed by atoms with Crippen LogP contribution in [-0.2, 0) is 0 Å². The average Bonchev–Trinajstić information content (AvgIpc) is 2.26. The van der Waals surface area contributed by atoms with E-state index in [0.29, 0.717) is 5.69 Å². The van der Waals surface area contributed by atoms with E-state index in [-0.39, 0.29) is 11.0 Å². The van der Waals surface area contributed by atoms with Crippen molar-refractivity contribution in [3.8, 4) is 0 Å². The van der Waals surface area contributed by atoms with Crippen molar-refractivity contribution >= 4 is 11.8 Å². The molecule has 1 rings (SSSR count). The van der Waals surface area contributed by atoms with Gasteiger partial charge in [-0.1, -0.05) is 20.8 Å². The molecule has 0 bridgehead atoms. The van der Waals surface area contributed by atoms with Crippen LogP contribution in [0.4, 0.5) is 5.82 Å². The van der Waals surface area contributed by atoms with Crippen molar-refractivity contribution in [2.24, 2.45) is 5.41 Å². The van der Waals surface area contributed by atoms with Crippen LogP contribution in [0.15, 0.2) is 12.1 Å². The number of aryl methyl sites for hydroxylation is 1. The van der Waals surface area contributed by atoms with E-state index in [2.05, 4.69) is 31.1 Å². The molecule has 0 fully saturated rings. The molecule has 4 heteroatoms. The van der Waals surface area contributed by atoms with Gasteiger partial charge in [-0.2, -0.15) is 0 Å². The maximum Gasteiger partial charge on any atom is 0.337 e. The summed E-state index contributed by atoms with van der Waals surface area (Å²) in [5.74, 6) is -0.204. The number of carboxylic acids is 1. The van der Waals surface area contributed by atoms with Crippen molar-refractivity contribution in [3.63, 3.8) is 0 Å². The molecule has 0 aliphatic heterocycles. The topological polar surface area (TPSA) is 62.2 Å². The number of carbonyl (C=O) groups is 1. The Labute approximate surface area is 102 Å². The summed E-state index contributed by atoms with van der Waals surface area (Å²) in [4.78, 5) is 15.1. The van der Waals surface area contributed by atoms with Crippen LogP contribution in [0.3, 0.4) is 0 Å². The molecule has 0 aliphatic rings. The number of aromatic nitrogens is 1. The first-order valence-corrected chi connectivity index (χ1v) is 5.80. The predicted molar refractivity (Wildman–Crippen MR) is 68.5 cm³/mol. The maximum atomic E-state index is 10.8. The number of anilines is 1. The number of aromatic carboxylic acids is 1. The third-order valence-corrected chi connectivity index (χ3v) is 3.02. The molecule has 1 aromatic heterocycles. The van der Waals surface area contributed by atoms with Crippen LogP contribution >= 0.6 is 0 Å². The van der Waals surface area contributed by atoms with Gasteiger partial charge in [0.05, 0.1) is 11.3 Å². The third kappa shape index (κ3) is 3.73. The lowest BCUT2D eigenvalue weighted by atomic mass is 9.90.